The lowest BCUT2D eigenvalue weighted by Gasteiger charge is -2.33. The molecule has 18 heavy (non-hydrogen) atoms. The van der Waals surface area contributed by atoms with E-state index in [1.54, 1.807) is 6.07 Å². The maximum atomic E-state index is 8.76. The quantitative estimate of drug-likeness (QED) is 0.785. The molecule has 1 aromatic rings. The first-order valence-electron chi connectivity index (χ1n) is 5.96. The molecule has 1 saturated heterocycles. The van der Waals surface area contributed by atoms with E-state index in [2.05, 4.69) is 14.9 Å². The molecule has 0 amide bonds. The van der Waals surface area contributed by atoms with Crippen LogP contribution in [0.15, 0.2) is 6.07 Å². The highest BCUT2D eigenvalue weighted by Crippen LogP contribution is 2.22. The number of nitrogens with two attached hydrogens (primary N) is 1. The summed E-state index contributed by atoms with van der Waals surface area (Å²) in [6.07, 6.45) is 2.11. The fraction of sp³-hybridized carbons (Fsp3) is 0.636. The first-order valence-corrected chi connectivity index (χ1v) is 6.34. The molecule has 1 aliphatic rings. The number of hydrogen-bond donors (Lipinski definition) is 2. The lowest BCUT2D eigenvalue weighted by Crippen LogP contribution is -2.40. The van der Waals surface area contributed by atoms with Crippen LogP contribution in [0.1, 0.15) is 12.8 Å². The molecule has 0 aliphatic carbocycles. The van der Waals surface area contributed by atoms with Crippen LogP contribution in [0.4, 0.5) is 11.8 Å². The van der Waals surface area contributed by atoms with E-state index in [0.29, 0.717) is 11.8 Å². The van der Waals surface area contributed by atoms with Crippen LogP contribution in [-0.4, -0.2) is 47.5 Å². The predicted octanol–water partition coefficient (Wildman–Crippen LogP) is 0.690. The van der Waals surface area contributed by atoms with E-state index >= 15 is 0 Å². The molecule has 1 unspecified atom stereocenters. The Balaban J connectivity index is 2.03. The molecule has 0 bridgehead atoms. The fourth-order valence-electron chi connectivity index (χ4n) is 2.09. The van der Waals surface area contributed by atoms with E-state index in [1.807, 2.05) is 0 Å². The Labute approximate surface area is 111 Å². The van der Waals surface area contributed by atoms with Gasteiger partial charge in [-0.2, -0.15) is 4.98 Å². The standard InChI is InChI=1S/C11H17ClN4O2/c12-9-6-10(15-11(13)14-9)16-3-1-2-8(7-16)18-5-4-17/h6,8,17H,1-5,7H2,(H2,13,14,15). The first kappa shape index (κ1) is 13.3. The van der Waals surface area contributed by atoms with E-state index < -0.39 is 0 Å². The van der Waals surface area contributed by atoms with Gasteiger partial charge in [0.15, 0.2) is 0 Å². The Morgan fingerprint density at radius 2 is 2.39 bits per heavy atom. The average molecular weight is 273 g/mol. The number of aliphatic hydroxyl groups is 1. The molecule has 1 atom stereocenters. The van der Waals surface area contributed by atoms with Crippen LogP contribution in [-0.2, 0) is 4.74 Å². The van der Waals surface area contributed by atoms with Gasteiger partial charge in [0.1, 0.15) is 11.0 Å². The topological polar surface area (TPSA) is 84.5 Å². The molecule has 1 aromatic heterocycles. The van der Waals surface area contributed by atoms with Gasteiger partial charge in [0.25, 0.3) is 0 Å². The largest absolute Gasteiger partial charge is 0.394 e. The number of halogens is 1. The zero-order valence-electron chi connectivity index (χ0n) is 10.0. The van der Waals surface area contributed by atoms with Crippen molar-refractivity contribution in [2.45, 2.75) is 18.9 Å². The van der Waals surface area contributed by atoms with Crippen LogP contribution in [0.2, 0.25) is 5.15 Å². The van der Waals surface area contributed by atoms with Gasteiger partial charge in [0.05, 0.1) is 19.3 Å². The third kappa shape index (κ3) is 3.44. The lowest BCUT2D eigenvalue weighted by molar-refractivity contribution is 0.0213. The van der Waals surface area contributed by atoms with Crippen LogP contribution >= 0.6 is 11.6 Å². The first-order chi connectivity index (χ1) is 8.69. The van der Waals surface area contributed by atoms with E-state index in [1.165, 1.54) is 0 Å². The van der Waals surface area contributed by atoms with Crippen molar-refractivity contribution in [1.29, 1.82) is 0 Å². The molecule has 1 fully saturated rings. The second-order valence-electron chi connectivity index (χ2n) is 4.21. The molecule has 2 rings (SSSR count). The minimum atomic E-state index is 0.0444. The van der Waals surface area contributed by atoms with Gasteiger partial charge in [-0.3, -0.25) is 0 Å². The number of rotatable bonds is 4. The molecular weight excluding hydrogens is 256 g/mol. The fourth-order valence-corrected chi connectivity index (χ4v) is 2.27. The molecule has 6 nitrogen and oxygen atoms in total. The monoisotopic (exact) mass is 272 g/mol. The Bertz CT molecular complexity index is 384. The van der Waals surface area contributed by atoms with Gasteiger partial charge in [-0.1, -0.05) is 11.6 Å². The van der Waals surface area contributed by atoms with Crippen molar-refractivity contribution in [2.24, 2.45) is 0 Å². The Hall–Kier alpha value is -1.11. The molecule has 3 N–H and O–H groups in total. The second kappa shape index (κ2) is 6.17. The third-order valence-corrected chi connectivity index (χ3v) is 3.04. The van der Waals surface area contributed by atoms with Gasteiger partial charge in [-0.25, -0.2) is 4.98 Å². The van der Waals surface area contributed by atoms with Crippen molar-refractivity contribution in [3.63, 3.8) is 0 Å². The number of anilines is 2. The number of piperidine rings is 1. The van der Waals surface area contributed by atoms with Crippen LogP contribution in [0, 0.1) is 0 Å². The van der Waals surface area contributed by atoms with E-state index in [-0.39, 0.29) is 18.7 Å². The summed E-state index contributed by atoms with van der Waals surface area (Å²) in [5.74, 6) is 0.903. The van der Waals surface area contributed by atoms with Crippen LogP contribution in [0.3, 0.4) is 0 Å². The van der Waals surface area contributed by atoms with Crippen molar-refractivity contribution in [2.75, 3.05) is 36.9 Å². The maximum Gasteiger partial charge on any atom is 0.223 e. The summed E-state index contributed by atoms with van der Waals surface area (Å²) in [5.41, 5.74) is 5.58. The molecule has 0 aromatic carbocycles. The van der Waals surface area contributed by atoms with Crippen molar-refractivity contribution in [3.8, 4) is 0 Å². The SMILES string of the molecule is Nc1nc(Cl)cc(N2CCCC(OCCO)C2)n1. The molecule has 2 heterocycles. The van der Waals surface area contributed by atoms with Crippen LogP contribution < -0.4 is 10.6 Å². The normalized spacial score (nSPS) is 20.1. The number of aliphatic hydroxyl groups excluding tert-OH is 1. The second-order valence-corrected chi connectivity index (χ2v) is 4.60. The number of nitrogens with zero attached hydrogens (tertiary/aromatic N) is 3. The highest BCUT2D eigenvalue weighted by Gasteiger charge is 2.21. The number of ether oxygens (including phenoxy) is 1. The molecule has 1 aliphatic heterocycles. The van der Waals surface area contributed by atoms with Crippen molar-refractivity contribution < 1.29 is 9.84 Å². The highest BCUT2D eigenvalue weighted by molar-refractivity contribution is 6.29. The number of nitrogen functional groups attached to an aromatic ring is 1. The molecular formula is C11H17ClN4O2. The minimum Gasteiger partial charge on any atom is -0.394 e. The molecule has 0 radical (unpaired) electrons. The van der Waals surface area contributed by atoms with Gasteiger partial charge in [-0.05, 0) is 12.8 Å². The predicted molar refractivity (Wildman–Crippen MR) is 69.7 cm³/mol. The van der Waals surface area contributed by atoms with Gasteiger partial charge in [0, 0.05) is 19.2 Å². The number of aromatic nitrogens is 2. The summed E-state index contributed by atoms with van der Waals surface area (Å²) in [7, 11) is 0. The molecule has 0 saturated carbocycles. The third-order valence-electron chi connectivity index (χ3n) is 2.85. The minimum absolute atomic E-state index is 0.0444. The molecule has 100 valence electrons. The van der Waals surface area contributed by atoms with E-state index in [4.69, 9.17) is 27.2 Å². The smallest absolute Gasteiger partial charge is 0.223 e. The summed E-state index contributed by atoms with van der Waals surface area (Å²) in [6, 6.07) is 1.70. The average Bonchev–Trinajstić information content (AvgIpc) is 2.35. The van der Waals surface area contributed by atoms with Crippen molar-refractivity contribution in [3.05, 3.63) is 11.2 Å². The van der Waals surface area contributed by atoms with Crippen molar-refractivity contribution in [1.82, 2.24) is 9.97 Å². The maximum absolute atomic E-state index is 8.76. The Kier molecular flexibility index (Phi) is 4.57. The summed E-state index contributed by atoms with van der Waals surface area (Å²) < 4.78 is 5.55. The van der Waals surface area contributed by atoms with Gasteiger partial charge in [0.2, 0.25) is 5.95 Å². The van der Waals surface area contributed by atoms with Crippen molar-refractivity contribution >= 4 is 23.4 Å². The zero-order chi connectivity index (χ0) is 13.0. The summed E-state index contributed by atoms with van der Waals surface area (Å²) in [6.45, 7) is 2.03. The summed E-state index contributed by atoms with van der Waals surface area (Å²) in [5, 5.41) is 9.10. The Morgan fingerprint density at radius 1 is 1.56 bits per heavy atom. The van der Waals surface area contributed by atoms with Gasteiger partial charge >= 0.3 is 0 Å². The van der Waals surface area contributed by atoms with Gasteiger partial charge in [-0.15, -0.1) is 0 Å². The van der Waals surface area contributed by atoms with Gasteiger partial charge < -0.3 is 20.5 Å². The van der Waals surface area contributed by atoms with Crippen LogP contribution in [0.25, 0.3) is 0 Å². The van der Waals surface area contributed by atoms with E-state index in [0.717, 1.165) is 31.7 Å². The van der Waals surface area contributed by atoms with E-state index in [9.17, 15) is 0 Å². The summed E-state index contributed by atoms with van der Waals surface area (Å²) in [4.78, 5) is 10.1. The van der Waals surface area contributed by atoms with Crippen LogP contribution in [0.5, 0.6) is 0 Å². The zero-order valence-corrected chi connectivity index (χ0v) is 10.8. The summed E-state index contributed by atoms with van der Waals surface area (Å²) >= 11 is 5.87. The molecule has 0 spiro atoms. The molecule has 7 heteroatoms. The lowest BCUT2D eigenvalue weighted by atomic mass is 10.1. The Morgan fingerprint density at radius 3 is 3.11 bits per heavy atom. The number of hydrogen-bond acceptors (Lipinski definition) is 6. The highest BCUT2D eigenvalue weighted by atomic mass is 35.5.